The molecule has 20 heavy (non-hydrogen) atoms. The minimum Gasteiger partial charge on any atom is -0.366 e. The Bertz CT molecular complexity index is 636. The normalized spacial score (nSPS) is 22.2. The lowest BCUT2D eigenvalue weighted by Gasteiger charge is -2.44. The largest absolute Gasteiger partial charge is 0.366 e. The second-order valence-corrected chi connectivity index (χ2v) is 7.33. The molecule has 1 heterocycles. The van der Waals surface area contributed by atoms with Crippen LogP contribution >= 0.6 is 15.9 Å². The van der Waals surface area contributed by atoms with Crippen LogP contribution in [0.5, 0.6) is 0 Å². The van der Waals surface area contributed by atoms with E-state index in [0.717, 1.165) is 17.6 Å². The van der Waals surface area contributed by atoms with Crippen molar-refractivity contribution in [3.05, 3.63) is 40.9 Å². The first-order valence-corrected chi connectivity index (χ1v) is 7.95. The molecule has 2 nitrogen and oxygen atoms in total. The maximum absolute atomic E-state index is 3.60. The van der Waals surface area contributed by atoms with Crippen LogP contribution in [0, 0.1) is 0 Å². The highest BCUT2D eigenvalue weighted by molar-refractivity contribution is 9.10. The molecule has 106 valence electrons. The molecule has 3 heteroatoms. The van der Waals surface area contributed by atoms with Gasteiger partial charge in [-0.3, -0.25) is 0 Å². The Morgan fingerprint density at radius 1 is 1.15 bits per heavy atom. The molecule has 1 atom stereocenters. The van der Waals surface area contributed by atoms with E-state index in [0.29, 0.717) is 6.04 Å². The van der Waals surface area contributed by atoms with Crippen molar-refractivity contribution in [3.8, 4) is 0 Å². The maximum atomic E-state index is 3.60. The number of hydrogen-bond acceptors (Lipinski definition) is 2. The summed E-state index contributed by atoms with van der Waals surface area (Å²) in [6.07, 6.45) is 0. The van der Waals surface area contributed by atoms with Crippen LogP contribution in [0.1, 0.15) is 20.8 Å². The van der Waals surface area contributed by atoms with Gasteiger partial charge in [-0.15, -0.1) is 0 Å². The minimum atomic E-state index is 0.168. The number of nitrogens with zero attached hydrogens (tertiary/aromatic N) is 1. The Hall–Kier alpha value is -1.06. The molecule has 1 aliphatic heterocycles. The predicted octanol–water partition coefficient (Wildman–Crippen LogP) is 4.18. The van der Waals surface area contributed by atoms with Crippen molar-refractivity contribution in [3.63, 3.8) is 0 Å². The van der Waals surface area contributed by atoms with Gasteiger partial charge in [0.1, 0.15) is 0 Å². The van der Waals surface area contributed by atoms with Crippen molar-refractivity contribution in [2.75, 3.05) is 18.0 Å². The molecule has 1 N–H and O–H groups in total. The molecule has 1 fully saturated rings. The van der Waals surface area contributed by atoms with E-state index in [1.54, 1.807) is 0 Å². The van der Waals surface area contributed by atoms with Crippen molar-refractivity contribution in [2.45, 2.75) is 32.4 Å². The van der Waals surface area contributed by atoms with Crippen molar-refractivity contribution >= 4 is 32.4 Å². The number of rotatable bonds is 1. The Morgan fingerprint density at radius 3 is 2.65 bits per heavy atom. The van der Waals surface area contributed by atoms with Gasteiger partial charge in [0.25, 0.3) is 0 Å². The molecule has 0 aromatic heterocycles. The molecule has 0 saturated carbocycles. The van der Waals surface area contributed by atoms with Crippen molar-refractivity contribution in [2.24, 2.45) is 0 Å². The molecule has 0 amide bonds. The molecule has 1 saturated heterocycles. The molecular weight excluding hydrogens is 312 g/mol. The minimum absolute atomic E-state index is 0.168. The van der Waals surface area contributed by atoms with Crippen LogP contribution in [0.25, 0.3) is 10.8 Å². The third kappa shape index (κ3) is 2.70. The zero-order valence-electron chi connectivity index (χ0n) is 12.3. The Labute approximate surface area is 129 Å². The van der Waals surface area contributed by atoms with E-state index >= 15 is 0 Å². The fraction of sp³-hybridized carbons (Fsp3) is 0.412. The molecule has 0 radical (unpaired) electrons. The first-order valence-electron chi connectivity index (χ1n) is 7.16. The number of fused-ring (bicyclic) bond motifs is 1. The van der Waals surface area contributed by atoms with Crippen LogP contribution in [0.3, 0.4) is 0 Å². The summed E-state index contributed by atoms with van der Waals surface area (Å²) < 4.78 is 1.13. The van der Waals surface area contributed by atoms with Crippen molar-refractivity contribution < 1.29 is 0 Å². The number of hydrogen-bond donors (Lipinski definition) is 1. The fourth-order valence-electron chi connectivity index (χ4n) is 2.90. The first kappa shape index (κ1) is 13.9. The van der Waals surface area contributed by atoms with E-state index in [1.165, 1.54) is 16.5 Å². The second kappa shape index (κ2) is 5.05. The average Bonchev–Trinajstić information content (AvgIpc) is 2.41. The third-order valence-electron chi connectivity index (χ3n) is 4.09. The zero-order valence-corrected chi connectivity index (χ0v) is 13.9. The van der Waals surface area contributed by atoms with E-state index in [-0.39, 0.29) is 5.54 Å². The van der Waals surface area contributed by atoms with Gasteiger partial charge in [0.2, 0.25) is 0 Å². The number of benzene rings is 2. The topological polar surface area (TPSA) is 15.3 Å². The van der Waals surface area contributed by atoms with Crippen LogP contribution in [-0.2, 0) is 0 Å². The highest BCUT2D eigenvalue weighted by Gasteiger charge is 2.30. The lowest BCUT2D eigenvalue weighted by Crippen LogP contribution is -2.61. The van der Waals surface area contributed by atoms with Gasteiger partial charge in [0, 0.05) is 34.8 Å². The van der Waals surface area contributed by atoms with Gasteiger partial charge in [-0.1, -0.05) is 28.1 Å². The summed E-state index contributed by atoms with van der Waals surface area (Å²) in [6, 6.07) is 13.8. The molecule has 2 aromatic carbocycles. The Morgan fingerprint density at radius 2 is 1.85 bits per heavy atom. The molecule has 1 aliphatic rings. The molecule has 0 aliphatic carbocycles. The van der Waals surface area contributed by atoms with Gasteiger partial charge in [-0.05, 0) is 55.8 Å². The second-order valence-electron chi connectivity index (χ2n) is 6.42. The average molecular weight is 333 g/mol. The fourth-order valence-corrected chi connectivity index (χ4v) is 3.28. The number of piperazine rings is 1. The predicted molar refractivity (Wildman–Crippen MR) is 90.5 cm³/mol. The van der Waals surface area contributed by atoms with E-state index in [9.17, 15) is 0 Å². The SMILES string of the molecule is CC1CNC(C)(C)CN1c1ccc2cc(Br)ccc2c1. The third-order valence-corrected chi connectivity index (χ3v) is 4.58. The first-order chi connectivity index (χ1) is 9.44. The standard InChI is InChI=1S/C17H21BrN2/c1-12-10-19-17(2,3)11-20(12)16-7-5-13-8-15(18)6-4-14(13)9-16/h4-9,12,19H,10-11H2,1-3H3. The van der Waals surface area contributed by atoms with Crippen LogP contribution in [0.2, 0.25) is 0 Å². The number of nitrogens with one attached hydrogen (secondary N) is 1. The highest BCUT2D eigenvalue weighted by atomic mass is 79.9. The summed E-state index contributed by atoms with van der Waals surface area (Å²) in [7, 11) is 0. The van der Waals surface area contributed by atoms with Gasteiger partial charge in [0.15, 0.2) is 0 Å². The van der Waals surface area contributed by atoms with Gasteiger partial charge in [-0.2, -0.15) is 0 Å². The lowest BCUT2D eigenvalue weighted by atomic mass is 9.98. The van der Waals surface area contributed by atoms with E-state index in [1.807, 2.05) is 0 Å². The Balaban J connectivity index is 1.98. The quantitative estimate of drug-likeness (QED) is 0.842. The Kier molecular flexibility index (Phi) is 3.51. The smallest absolute Gasteiger partial charge is 0.0387 e. The van der Waals surface area contributed by atoms with Crippen molar-refractivity contribution in [1.82, 2.24) is 5.32 Å². The highest BCUT2D eigenvalue weighted by Crippen LogP contribution is 2.28. The summed E-state index contributed by atoms with van der Waals surface area (Å²) in [5.41, 5.74) is 1.49. The summed E-state index contributed by atoms with van der Waals surface area (Å²) in [5, 5.41) is 6.19. The van der Waals surface area contributed by atoms with Crippen molar-refractivity contribution in [1.29, 1.82) is 0 Å². The summed E-state index contributed by atoms with van der Waals surface area (Å²) in [5.74, 6) is 0. The maximum Gasteiger partial charge on any atom is 0.0387 e. The van der Waals surface area contributed by atoms with Gasteiger partial charge in [-0.25, -0.2) is 0 Å². The van der Waals surface area contributed by atoms with Gasteiger partial charge >= 0.3 is 0 Å². The van der Waals surface area contributed by atoms with Crippen LogP contribution < -0.4 is 10.2 Å². The van der Waals surface area contributed by atoms with E-state index < -0.39 is 0 Å². The lowest BCUT2D eigenvalue weighted by molar-refractivity contribution is 0.318. The van der Waals surface area contributed by atoms with Crippen LogP contribution in [0.4, 0.5) is 5.69 Å². The summed E-state index contributed by atoms with van der Waals surface area (Å²) in [6.45, 7) is 8.89. The van der Waals surface area contributed by atoms with E-state index in [2.05, 4.69) is 83.3 Å². The molecule has 3 rings (SSSR count). The molecule has 2 aromatic rings. The molecule has 0 spiro atoms. The van der Waals surface area contributed by atoms with Crippen LogP contribution in [0.15, 0.2) is 40.9 Å². The van der Waals surface area contributed by atoms with E-state index in [4.69, 9.17) is 0 Å². The summed E-state index contributed by atoms with van der Waals surface area (Å²) in [4.78, 5) is 2.51. The monoisotopic (exact) mass is 332 g/mol. The van der Waals surface area contributed by atoms with Crippen LogP contribution in [-0.4, -0.2) is 24.7 Å². The number of halogens is 1. The zero-order chi connectivity index (χ0) is 14.3. The molecule has 1 unspecified atom stereocenters. The van der Waals surface area contributed by atoms with Gasteiger partial charge in [0.05, 0.1) is 0 Å². The summed E-state index contributed by atoms with van der Waals surface area (Å²) >= 11 is 3.53. The number of anilines is 1. The van der Waals surface area contributed by atoms with Gasteiger partial charge < -0.3 is 10.2 Å². The molecular formula is C17H21BrN2. The molecule has 0 bridgehead atoms.